The number of phenols is 1. The number of phenolic OH excluding ortho intramolecular Hbond substituents is 1. The van der Waals surface area contributed by atoms with Gasteiger partial charge in [-0.25, -0.2) is 0 Å². The van der Waals surface area contributed by atoms with Gasteiger partial charge in [0.2, 0.25) is 5.43 Å². The molecule has 0 amide bonds. The molecule has 1 unspecified atom stereocenters. The van der Waals surface area contributed by atoms with Crippen molar-refractivity contribution in [2.24, 2.45) is 0 Å². The third kappa shape index (κ3) is 3.93. The third-order valence-electron chi connectivity index (χ3n) is 5.33. The van der Waals surface area contributed by atoms with E-state index in [2.05, 4.69) is 19.1 Å². The zero-order valence-electron chi connectivity index (χ0n) is 16.4. The second kappa shape index (κ2) is 8.33. The lowest BCUT2D eigenvalue weighted by Crippen LogP contribution is -3.09. The summed E-state index contributed by atoms with van der Waals surface area (Å²) in [7, 11) is 0. The van der Waals surface area contributed by atoms with Gasteiger partial charge in [0.1, 0.15) is 30.7 Å². The van der Waals surface area contributed by atoms with Crippen molar-refractivity contribution in [1.29, 1.82) is 0 Å². The van der Waals surface area contributed by atoms with Crippen molar-refractivity contribution in [3.63, 3.8) is 0 Å². The van der Waals surface area contributed by atoms with Gasteiger partial charge in [-0.15, -0.1) is 0 Å². The normalized spacial score (nSPS) is 12.2. The molecule has 0 bridgehead atoms. The fraction of sp³-hybridized carbons (Fsp3) is 0.160. The maximum Gasteiger partial charge on any atom is 0.200 e. The minimum Gasteiger partial charge on any atom is -0.507 e. The van der Waals surface area contributed by atoms with Crippen molar-refractivity contribution >= 4 is 11.0 Å². The number of rotatable bonds is 6. The minimum atomic E-state index is -0.0835. The molecule has 0 aliphatic carbocycles. The highest BCUT2D eigenvalue weighted by atomic mass is 16.3. The fourth-order valence-electron chi connectivity index (χ4n) is 3.68. The van der Waals surface area contributed by atoms with E-state index in [4.69, 9.17) is 4.42 Å². The minimum absolute atomic E-state index is 0.0835. The molecule has 2 N–H and O–H groups in total. The second-order valence-corrected chi connectivity index (χ2v) is 7.23. The van der Waals surface area contributed by atoms with Crippen molar-refractivity contribution < 1.29 is 14.4 Å². The van der Waals surface area contributed by atoms with Crippen LogP contribution in [0.1, 0.15) is 18.1 Å². The molecule has 0 spiro atoms. The van der Waals surface area contributed by atoms with Crippen molar-refractivity contribution in [2.45, 2.75) is 20.0 Å². The molecule has 0 fully saturated rings. The van der Waals surface area contributed by atoms with Gasteiger partial charge in [-0.2, -0.15) is 0 Å². The van der Waals surface area contributed by atoms with E-state index in [0.717, 1.165) is 18.7 Å². The van der Waals surface area contributed by atoms with Gasteiger partial charge >= 0.3 is 0 Å². The Bertz CT molecular complexity index is 1170. The Morgan fingerprint density at radius 1 is 0.897 bits per heavy atom. The Balaban J connectivity index is 1.73. The lowest BCUT2D eigenvalue weighted by molar-refractivity contribution is -0.925. The van der Waals surface area contributed by atoms with E-state index in [1.54, 1.807) is 12.1 Å². The maximum atomic E-state index is 13.1. The highest BCUT2D eigenvalue weighted by molar-refractivity contribution is 5.85. The lowest BCUT2D eigenvalue weighted by Gasteiger charge is -2.19. The van der Waals surface area contributed by atoms with Gasteiger partial charge in [0.05, 0.1) is 23.1 Å². The number of nitrogens with one attached hydrogen (secondary N) is 1. The summed E-state index contributed by atoms with van der Waals surface area (Å²) in [5.41, 5.74) is 3.64. The van der Waals surface area contributed by atoms with Crippen LogP contribution in [0.3, 0.4) is 0 Å². The summed E-state index contributed by atoms with van der Waals surface area (Å²) in [4.78, 5) is 14.4. The lowest BCUT2D eigenvalue weighted by atomic mass is 10.0. The Labute approximate surface area is 169 Å². The Morgan fingerprint density at radius 3 is 2.28 bits per heavy atom. The molecule has 0 aliphatic rings. The van der Waals surface area contributed by atoms with E-state index in [0.29, 0.717) is 28.6 Å². The molecule has 0 aliphatic heterocycles. The van der Waals surface area contributed by atoms with Crippen LogP contribution >= 0.6 is 0 Å². The van der Waals surface area contributed by atoms with Gasteiger partial charge in [-0.05, 0) is 24.6 Å². The molecular weight excluding hydrogens is 362 g/mol. The molecular formula is C25H24NO3+. The average Bonchev–Trinajstić information content (AvgIpc) is 2.76. The summed E-state index contributed by atoms with van der Waals surface area (Å²) >= 11 is 0. The monoisotopic (exact) mass is 386 g/mol. The number of hydrogen-bond acceptors (Lipinski definition) is 3. The topological polar surface area (TPSA) is 54.9 Å². The SMILES string of the molecule is CC[NH+](Cc1ccccc1)Cc1c(O)ccc2c(=O)c(-c3ccccc3)coc12. The number of benzene rings is 3. The first-order valence-corrected chi connectivity index (χ1v) is 9.86. The van der Waals surface area contributed by atoms with Gasteiger partial charge < -0.3 is 14.4 Å². The summed E-state index contributed by atoms with van der Waals surface area (Å²) in [5.74, 6) is 0.159. The van der Waals surface area contributed by atoms with E-state index in [-0.39, 0.29) is 11.2 Å². The van der Waals surface area contributed by atoms with Gasteiger partial charge in [0.25, 0.3) is 0 Å². The Kier molecular flexibility index (Phi) is 5.45. The Hall–Kier alpha value is -3.37. The van der Waals surface area contributed by atoms with Crippen LogP contribution in [0.5, 0.6) is 5.75 Å². The van der Waals surface area contributed by atoms with E-state index >= 15 is 0 Å². The highest BCUT2D eigenvalue weighted by Crippen LogP contribution is 2.27. The summed E-state index contributed by atoms with van der Waals surface area (Å²) in [6.07, 6.45) is 1.51. The molecule has 4 rings (SSSR count). The average molecular weight is 386 g/mol. The van der Waals surface area contributed by atoms with E-state index in [1.165, 1.54) is 16.7 Å². The van der Waals surface area contributed by atoms with Gasteiger partial charge in [-0.3, -0.25) is 4.79 Å². The van der Waals surface area contributed by atoms with Crippen molar-refractivity contribution in [2.75, 3.05) is 6.54 Å². The van der Waals surface area contributed by atoms with Crippen LogP contribution in [0.15, 0.2) is 88.3 Å². The van der Waals surface area contributed by atoms with Crippen LogP contribution in [-0.2, 0) is 13.1 Å². The van der Waals surface area contributed by atoms with Crippen molar-refractivity contribution in [1.82, 2.24) is 0 Å². The highest BCUT2D eigenvalue weighted by Gasteiger charge is 2.19. The first kappa shape index (κ1) is 19.0. The summed E-state index contributed by atoms with van der Waals surface area (Å²) in [5, 5.41) is 11.0. The molecule has 146 valence electrons. The molecule has 0 saturated carbocycles. The largest absolute Gasteiger partial charge is 0.507 e. The van der Waals surface area contributed by atoms with Crippen LogP contribution in [0.2, 0.25) is 0 Å². The molecule has 0 radical (unpaired) electrons. The molecule has 1 aromatic heterocycles. The smallest absolute Gasteiger partial charge is 0.200 e. The van der Waals surface area contributed by atoms with E-state index in [1.807, 2.05) is 48.5 Å². The molecule has 0 saturated heterocycles. The summed E-state index contributed by atoms with van der Waals surface area (Å²) < 4.78 is 5.91. The van der Waals surface area contributed by atoms with E-state index < -0.39 is 0 Å². The van der Waals surface area contributed by atoms with Crippen LogP contribution in [-0.4, -0.2) is 11.7 Å². The van der Waals surface area contributed by atoms with Crippen molar-refractivity contribution in [3.05, 3.63) is 100 Å². The number of hydrogen-bond donors (Lipinski definition) is 2. The fourth-order valence-corrected chi connectivity index (χ4v) is 3.68. The predicted molar refractivity (Wildman–Crippen MR) is 115 cm³/mol. The third-order valence-corrected chi connectivity index (χ3v) is 5.33. The quantitative estimate of drug-likeness (QED) is 0.530. The molecule has 4 aromatic rings. The van der Waals surface area contributed by atoms with Crippen molar-refractivity contribution in [3.8, 4) is 16.9 Å². The first-order chi connectivity index (χ1) is 14.2. The predicted octanol–water partition coefficient (Wildman–Crippen LogP) is 3.77. The molecule has 4 heteroatoms. The molecule has 1 atom stereocenters. The maximum absolute atomic E-state index is 13.1. The number of aromatic hydroxyl groups is 1. The molecule has 4 nitrogen and oxygen atoms in total. The van der Waals surface area contributed by atoms with Crippen LogP contribution in [0, 0.1) is 0 Å². The Morgan fingerprint density at radius 2 is 1.59 bits per heavy atom. The van der Waals surface area contributed by atoms with Gasteiger partial charge in [0, 0.05) is 5.56 Å². The molecule has 3 aromatic carbocycles. The number of fused-ring (bicyclic) bond motifs is 1. The standard InChI is InChI=1S/C25H23NO3/c1-2-26(15-18-9-5-3-6-10-18)16-21-23(27)14-13-20-24(28)22(17-29-25(20)21)19-11-7-4-8-12-19/h3-14,17,27H,2,15-16H2,1H3/p+1. The van der Waals surface area contributed by atoms with E-state index in [9.17, 15) is 9.90 Å². The van der Waals surface area contributed by atoms with Crippen LogP contribution < -0.4 is 10.3 Å². The first-order valence-electron chi connectivity index (χ1n) is 9.86. The second-order valence-electron chi connectivity index (χ2n) is 7.23. The van der Waals surface area contributed by atoms with Crippen LogP contribution in [0.25, 0.3) is 22.1 Å². The molecule has 29 heavy (non-hydrogen) atoms. The van der Waals surface area contributed by atoms with Crippen LogP contribution in [0.4, 0.5) is 0 Å². The molecule has 1 heterocycles. The zero-order chi connectivity index (χ0) is 20.2. The van der Waals surface area contributed by atoms with Gasteiger partial charge in [-0.1, -0.05) is 60.7 Å². The summed E-state index contributed by atoms with van der Waals surface area (Å²) in [6, 6.07) is 23.0. The van der Waals surface area contributed by atoms with Gasteiger partial charge in [0.15, 0.2) is 0 Å². The summed E-state index contributed by atoms with van der Waals surface area (Å²) in [6.45, 7) is 4.41. The zero-order valence-corrected chi connectivity index (χ0v) is 16.4. The number of quaternary nitrogens is 1.